The number of hydrogen-bond acceptors (Lipinski definition) is 6. The quantitative estimate of drug-likeness (QED) is 0.249. The molecule has 13 heteroatoms. The average Bonchev–Trinajstić information content (AvgIpc) is 3.30. The summed E-state index contributed by atoms with van der Waals surface area (Å²) in [6.07, 6.45) is -8.07. The zero-order valence-electron chi connectivity index (χ0n) is 16.4. The molecule has 0 unspecified atom stereocenters. The summed E-state index contributed by atoms with van der Waals surface area (Å²) in [6.45, 7) is 1.89. The van der Waals surface area contributed by atoms with Crippen molar-refractivity contribution in [2.75, 3.05) is 5.75 Å². The molecule has 0 atom stereocenters. The summed E-state index contributed by atoms with van der Waals surface area (Å²) in [5.41, 5.74) is -0.270. The van der Waals surface area contributed by atoms with Gasteiger partial charge in [-0.2, -0.15) is 26.3 Å². The maximum absolute atomic E-state index is 13.1. The zero-order valence-corrected chi connectivity index (χ0v) is 18.0. The van der Waals surface area contributed by atoms with Crippen molar-refractivity contribution in [1.82, 2.24) is 24.7 Å². The topological polar surface area (TPSA) is 56.5 Å². The highest BCUT2D eigenvalue weighted by Gasteiger charge is 2.35. The lowest BCUT2D eigenvalue weighted by molar-refractivity contribution is -0.138. The lowest BCUT2D eigenvalue weighted by atomic mass is 10.2. The van der Waals surface area contributed by atoms with E-state index < -0.39 is 22.9 Å². The summed E-state index contributed by atoms with van der Waals surface area (Å²) >= 11 is 1.95. The minimum atomic E-state index is -4.56. The molecular formula is C19H13F6N5S2. The van der Waals surface area contributed by atoms with Crippen molar-refractivity contribution in [1.29, 1.82) is 0 Å². The number of halogens is 6. The van der Waals surface area contributed by atoms with Gasteiger partial charge in [0.2, 0.25) is 0 Å². The van der Waals surface area contributed by atoms with Crippen LogP contribution in [0.25, 0.3) is 33.1 Å². The molecule has 1 aromatic carbocycles. The van der Waals surface area contributed by atoms with Crippen molar-refractivity contribution >= 4 is 33.3 Å². The Morgan fingerprint density at radius 2 is 1.72 bits per heavy atom. The Labute approximate surface area is 185 Å². The fraction of sp³-hybridized carbons (Fsp3) is 0.263. The maximum Gasteiger partial charge on any atom is 0.443 e. The molecule has 3 aromatic heterocycles. The first-order chi connectivity index (χ1) is 15.0. The maximum atomic E-state index is 13.1. The second-order valence-corrected chi connectivity index (χ2v) is 8.94. The van der Waals surface area contributed by atoms with Crippen LogP contribution >= 0.6 is 23.1 Å². The second-order valence-electron chi connectivity index (χ2n) is 6.60. The van der Waals surface area contributed by atoms with Gasteiger partial charge in [-0.25, -0.2) is 4.98 Å². The van der Waals surface area contributed by atoms with Crippen LogP contribution < -0.4 is 0 Å². The lowest BCUT2D eigenvalue weighted by Crippen LogP contribution is -2.06. The minimum Gasteiger partial charge on any atom is -0.309 e. The smallest absolute Gasteiger partial charge is 0.309 e. The summed E-state index contributed by atoms with van der Waals surface area (Å²) < 4.78 is 80.3. The molecule has 5 nitrogen and oxygen atoms in total. The fourth-order valence-corrected chi connectivity index (χ4v) is 4.79. The molecule has 0 bridgehead atoms. The Morgan fingerprint density at radius 3 is 2.38 bits per heavy atom. The van der Waals surface area contributed by atoms with E-state index in [0.29, 0.717) is 32.2 Å². The molecule has 0 N–H and O–H groups in total. The molecule has 4 aromatic rings. The standard InChI is InChI=1S/C19H13F6N5S2/c1-3-31-13-8-14-11(27-17(32-14)19(23,24)25)7-10(13)15-28-29-16(30(15)2)12-6-9(4-5-26-12)18(20,21)22/h4-8H,3H2,1-2H3. The summed E-state index contributed by atoms with van der Waals surface area (Å²) in [4.78, 5) is 8.32. The van der Waals surface area contributed by atoms with Gasteiger partial charge in [0.15, 0.2) is 16.7 Å². The van der Waals surface area contributed by atoms with Crippen LogP contribution in [-0.4, -0.2) is 30.5 Å². The number of hydrogen-bond donors (Lipinski definition) is 0. The van der Waals surface area contributed by atoms with Gasteiger partial charge >= 0.3 is 12.4 Å². The molecule has 0 aliphatic heterocycles. The van der Waals surface area contributed by atoms with Gasteiger partial charge in [0.05, 0.1) is 15.8 Å². The molecular weight excluding hydrogens is 476 g/mol. The lowest BCUT2D eigenvalue weighted by Gasteiger charge is -2.10. The number of rotatable bonds is 4. The summed E-state index contributed by atoms with van der Waals surface area (Å²) in [7, 11) is 1.55. The molecule has 168 valence electrons. The summed E-state index contributed by atoms with van der Waals surface area (Å²) in [6, 6.07) is 4.83. The third-order valence-corrected chi connectivity index (χ3v) is 6.46. The first kappa shape index (κ1) is 22.5. The van der Waals surface area contributed by atoms with Gasteiger partial charge in [-0.15, -0.1) is 33.3 Å². The third kappa shape index (κ3) is 4.18. The van der Waals surface area contributed by atoms with Gasteiger partial charge in [-0.1, -0.05) is 6.92 Å². The largest absolute Gasteiger partial charge is 0.443 e. The van der Waals surface area contributed by atoms with Crippen LogP contribution in [0.3, 0.4) is 0 Å². The van der Waals surface area contributed by atoms with Crippen molar-refractivity contribution in [3.8, 4) is 22.9 Å². The van der Waals surface area contributed by atoms with E-state index in [1.807, 2.05) is 6.92 Å². The van der Waals surface area contributed by atoms with E-state index in [4.69, 9.17) is 0 Å². The monoisotopic (exact) mass is 489 g/mol. The van der Waals surface area contributed by atoms with Crippen molar-refractivity contribution in [3.63, 3.8) is 0 Å². The van der Waals surface area contributed by atoms with E-state index in [1.54, 1.807) is 13.1 Å². The Morgan fingerprint density at radius 1 is 1.00 bits per heavy atom. The summed E-state index contributed by atoms with van der Waals surface area (Å²) in [5, 5.41) is 7.12. The van der Waals surface area contributed by atoms with Crippen LogP contribution in [0.5, 0.6) is 0 Å². The first-order valence-electron chi connectivity index (χ1n) is 9.07. The SMILES string of the molecule is CCSc1cc2sc(C(F)(F)F)nc2cc1-c1nnc(-c2cc(C(F)(F)F)ccn2)n1C. The van der Waals surface area contributed by atoms with Crippen molar-refractivity contribution in [2.45, 2.75) is 24.2 Å². The molecule has 4 rings (SSSR count). The highest BCUT2D eigenvalue weighted by Crippen LogP contribution is 2.40. The number of thiazole rings is 1. The molecule has 0 aliphatic carbocycles. The number of aromatic nitrogens is 5. The highest BCUT2D eigenvalue weighted by atomic mass is 32.2. The number of benzene rings is 1. The predicted octanol–water partition coefficient (Wildman–Crippen LogP) is 6.30. The van der Waals surface area contributed by atoms with Gasteiger partial charge in [-0.3, -0.25) is 4.98 Å². The normalized spacial score (nSPS) is 12.6. The number of pyridine rings is 1. The van der Waals surface area contributed by atoms with E-state index in [0.717, 1.165) is 18.3 Å². The van der Waals surface area contributed by atoms with Gasteiger partial charge in [0, 0.05) is 23.7 Å². The Bertz CT molecular complexity index is 1290. The van der Waals surface area contributed by atoms with Crippen LogP contribution in [0.1, 0.15) is 17.5 Å². The molecule has 0 saturated heterocycles. The molecule has 0 amide bonds. The fourth-order valence-electron chi connectivity index (χ4n) is 3.04. The molecule has 0 spiro atoms. The molecule has 3 heterocycles. The van der Waals surface area contributed by atoms with Gasteiger partial charge < -0.3 is 4.57 Å². The van der Waals surface area contributed by atoms with Crippen molar-refractivity contribution in [2.24, 2.45) is 7.05 Å². The van der Waals surface area contributed by atoms with Crippen LogP contribution in [-0.2, 0) is 19.4 Å². The van der Waals surface area contributed by atoms with E-state index in [-0.39, 0.29) is 22.9 Å². The third-order valence-electron chi connectivity index (χ3n) is 4.46. The second kappa shape index (κ2) is 8.03. The van der Waals surface area contributed by atoms with Crippen molar-refractivity contribution in [3.05, 3.63) is 41.0 Å². The van der Waals surface area contributed by atoms with Crippen LogP contribution in [0.4, 0.5) is 26.3 Å². The first-order valence-corrected chi connectivity index (χ1v) is 10.9. The Kier molecular flexibility index (Phi) is 5.65. The minimum absolute atomic E-state index is 0.0279. The van der Waals surface area contributed by atoms with Gasteiger partial charge in [0.25, 0.3) is 0 Å². The van der Waals surface area contributed by atoms with E-state index in [2.05, 4.69) is 20.2 Å². The Hall–Kier alpha value is -2.67. The van der Waals surface area contributed by atoms with Crippen LogP contribution in [0, 0.1) is 0 Å². The number of nitrogens with zero attached hydrogens (tertiary/aromatic N) is 5. The number of alkyl halides is 6. The van der Waals surface area contributed by atoms with E-state index in [1.165, 1.54) is 22.4 Å². The molecule has 0 radical (unpaired) electrons. The van der Waals surface area contributed by atoms with Crippen LogP contribution in [0.2, 0.25) is 0 Å². The summed E-state index contributed by atoms with van der Waals surface area (Å²) in [5.74, 6) is 1.01. The number of fused-ring (bicyclic) bond motifs is 1. The Balaban J connectivity index is 1.84. The van der Waals surface area contributed by atoms with E-state index in [9.17, 15) is 26.3 Å². The van der Waals surface area contributed by atoms with Gasteiger partial charge in [-0.05, 0) is 30.0 Å². The van der Waals surface area contributed by atoms with Crippen LogP contribution in [0.15, 0.2) is 35.4 Å². The van der Waals surface area contributed by atoms with Crippen molar-refractivity contribution < 1.29 is 26.3 Å². The van der Waals surface area contributed by atoms with E-state index >= 15 is 0 Å². The highest BCUT2D eigenvalue weighted by molar-refractivity contribution is 7.99. The molecule has 0 saturated carbocycles. The molecule has 0 fully saturated rings. The van der Waals surface area contributed by atoms with Gasteiger partial charge in [0.1, 0.15) is 5.69 Å². The zero-order chi connectivity index (χ0) is 23.3. The number of thioether (sulfide) groups is 1. The molecule has 32 heavy (non-hydrogen) atoms. The molecule has 0 aliphatic rings. The predicted molar refractivity (Wildman–Crippen MR) is 109 cm³/mol. The average molecular weight is 489 g/mol.